The SMILES string of the molecule is C[C@H](O)C[C@@H]1CCCN1Cc1nc2ccc(Br)cc2[nH]1. The number of halogens is 1. The Morgan fingerprint density at radius 1 is 1.55 bits per heavy atom. The van der Waals surface area contributed by atoms with E-state index in [0.29, 0.717) is 6.04 Å². The molecule has 2 aromatic rings. The molecule has 4 nitrogen and oxygen atoms in total. The van der Waals surface area contributed by atoms with E-state index in [-0.39, 0.29) is 6.10 Å². The van der Waals surface area contributed by atoms with Crippen LogP contribution in [0, 0.1) is 0 Å². The third-order valence-electron chi connectivity index (χ3n) is 3.96. The summed E-state index contributed by atoms with van der Waals surface area (Å²) in [6.07, 6.45) is 3.01. The predicted molar refractivity (Wildman–Crippen MR) is 83.5 cm³/mol. The average molecular weight is 338 g/mol. The van der Waals surface area contributed by atoms with Gasteiger partial charge < -0.3 is 10.1 Å². The minimum atomic E-state index is -0.229. The van der Waals surface area contributed by atoms with Gasteiger partial charge in [0, 0.05) is 10.5 Å². The second-order valence-corrected chi connectivity index (χ2v) is 6.61. The Morgan fingerprint density at radius 2 is 2.40 bits per heavy atom. The number of nitrogens with zero attached hydrogens (tertiary/aromatic N) is 2. The summed E-state index contributed by atoms with van der Waals surface area (Å²) in [5.74, 6) is 1.01. The monoisotopic (exact) mass is 337 g/mol. The zero-order valence-electron chi connectivity index (χ0n) is 11.6. The summed E-state index contributed by atoms with van der Waals surface area (Å²) in [6, 6.07) is 6.58. The Balaban J connectivity index is 1.75. The normalized spacial score (nSPS) is 21.6. The molecule has 1 saturated heterocycles. The molecule has 1 aliphatic rings. The zero-order chi connectivity index (χ0) is 14.1. The number of aromatic amines is 1. The molecule has 1 aliphatic heterocycles. The molecular weight excluding hydrogens is 318 g/mol. The van der Waals surface area contributed by atoms with Crippen LogP contribution in [0.4, 0.5) is 0 Å². The molecule has 2 atom stereocenters. The lowest BCUT2D eigenvalue weighted by Gasteiger charge is -2.24. The van der Waals surface area contributed by atoms with Crippen LogP contribution in [0.2, 0.25) is 0 Å². The molecule has 1 aromatic heterocycles. The fourth-order valence-electron chi connectivity index (χ4n) is 3.07. The van der Waals surface area contributed by atoms with Crippen LogP contribution in [0.15, 0.2) is 22.7 Å². The van der Waals surface area contributed by atoms with Gasteiger partial charge in [0.2, 0.25) is 0 Å². The van der Waals surface area contributed by atoms with E-state index in [1.165, 1.54) is 12.8 Å². The minimum Gasteiger partial charge on any atom is -0.393 e. The largest absolute Gasteiger partial charge is 0.393 e. The van der Waals surface area contributed by atoms with Crippen molar-refractivity contribution in [2.45, 2.75) is 44.9 Å². The average Bonchev–Trinajstić information content (AvgIpc) is 2.95. The lowest BCUT2D eigenvalue weighted by Crippen LogP contribution is -2.31. The number of likely N-dealkylation sites (tertiary alicyclic amines) is 1. The van der Waals surface area contributed by atoms with E-state index >= 15 is 0 Å². The van der Waals surface area contributed by atoms with Gasteiger partial charge in [0.1, 0.15) is 5.82 Å². The van der Waals surface area contributed by atoms with Crippen molar-refractivity contribution in [1.82, 2.24) is 14.9 Å². The first-order chi connectivity index (χ1) is 9.61. The maximum atomic E-state index is 9.59. The molecule has 0 bridgehead atoms. The first-order valence-corrected chi connectivity index (χ1v) is 7.97. The number of benzene rings is 1. The van der Waals surface area contributed by atoms with Gasteiger partial charge in [-0.05, 0) is 50.9 Å². The third-order valence-corrected chi connectivity index (χ3v) is 4.45. The van der Waals surface area contributed by atoms with Gasteiger partial charge >= 0.3 is 0 Å². The van der Waals surface area contributed by atoms with E-state index < -0.39 is 0 Å². The second kappa shape index (κ2) is 5.84. The summed E-state index contributed by atoms with van der Waals surface area (Å²) in [5.41, 5.74) is 2.08. The van der Waals surface area contributed by atoms with Gasteiger partial charge in [-0.3, -0.25) is 4.90 Å². The van der Waals surface area contributed by atoms with Gasteiger partial charge in [-0.25, -0.2) is 4.98 Å². The fourth-order valence-corrected chi connectivity index (χ4v) is 3.43. The molecule has 0 saturated carbocycles. The van der Waals surface area contributed by atoms with Crippen molar-refractivity contribution >= 4 is 27.0 Å². The van der Waals surface area contributed by atoms with Crippen molar-refractivity contribution in [3.05, 3.63) is 28.5 Å². The van der Waals surface area contributed by atoms with Crippen LogP contribution in [0.5, 0.6) is 0 Å². The molecule has 1 aromatic carbocycles. The second-order valence-electron chi connectivity index (χ2n) is 5.70. The zero-order valence-corrected chi connectivity index (χ0v) is 13.2. The van der Waals surface area contributed by atoms with Gasteiger partial charge in [-0.2, -0.15) is 0 Å². The summed E-state index contributed by atoms with van der Waals surface area (Å²) in [4.78, 5) is 10.5. The highest BCUT2D eigenvalue weighted by Crippen LogP contribution is 2.24. The van der Waals surface area contributed by atoms with Crippen LogP contribution in [0.1, 0.15) is 32.0 Å². The Hall–Kier alpha value is -0.910. The summed E-state index contributed by atoms with van der Waals surface area (Å²) in [5, 5.41) is 9.59. The first kappa shape index (κ1) is 14.0. The number of rotatable bonds is 4. The van der Waals surface area contributed by atoms with Crippen LogP contribution >= 0.6 is 15.9 Å². The molecule has 20 heavy (non-hydrogen) atoms. The molecule has 2 heterocycles. The number of hydrogen-bond donors (Lipinski definition) is 2. The Morgan fingerprint density at radius 3 is 3.20 bits per heavy atom. The van der Waals surface area contributed by atoms with Gasteiger partial charge in [0.15, 0.2) is 0 Å². The summed E-state index contributed by atoms with van der Waals surface area (Å²) < 4.78 is 1.06. The predicted octanol–water partition coefficient (Wildman–Crippen LogP) is 3.06. The topological polar surface area (TPSA) is 52.1 Å². The van der Waals surface area contributed by atoms with Gasteiger partial charge in [0.05, 0.1) is 23.7 Å². The van der Waals surface area contributed by atoms with E-state index in [0.717, 1.165) is 40.8 Å². The molecule has 0 aliphatic carbocycles. The molecule has 108 valence electrons. The van der Waals surface area contributed by atoms with Crippen molar-refractivity contribution in [2.24, 2.45) is 0 Å². The molecule has 3 rings (SSSR count). The van der Waals surface area contributed by atoms with Crippen LogP contribution in [-0.4, -0.2) is 38.7 Å². The molecule has 0 unspecified atom stereocenters. The summed E-state index contributed by atoms with van der Waals surface area (Å²) in [7, 11) is 0. The minimum absolute atomic E-state index is 0.229. The molecule has 5 heteroatoms. The van der Waals surface area contributed by atoms with Crippen molar-refractivity contribution in [1.29, 1.82) is 0 Å². The summed E-state index contributed by atoms with van der Waals surface area (Å²) >= 11 is 3.48. The lowest BCUT2D eigenvalue weighted by atomic mass is 10.1. The van der Waals surface area contributed by atoms with Crippen LogP contribution in [-0.2, 0) is 6.54 Å². The van der Waals surface area contributed by atoms with Crippen LogP contribution in [0.3, 0.4) is 0 Å². The summed E-state index contributed by atoms with van der Waals surface area (Å²) in [6.45, 7) is 3.80. The fraction of sp³-hybridized carbons (Fsp3) is 0.533. The number of imidazole rings is 1. The van der Waals surface area contributed by atoms with E-state index in [2.05, 4.69) is 36.9 Å². The Bertz CT molecular complexity index is 596. The lowest BCUT2D eigenvalue weighted by molar-refractivity contribution is 0.129. The number of aromatic nitrogens is 2. The molecule has 2 N–H and O–H groups in total. The number of aliphatic hydroxyl groups is 1. The van der Waals surface area contributed by atoms with Crippen LogP contribution < -0.4 is 0 Å². The molecule has 0 amide bonds. The quantitative estimate of drug-likeness (QED) is 0.901. The highest BCUT2D eigenvalue weighted by molar-refractivity contribution is 9.10. The maximum Gasteiger partial charge on any atom is 0.121 e. The third kappa shape index (κ3) is 3.05. The van der Waals surface area contributed by atoms with Crippen molar-refractivity contribution in [2.75, 3.05) is 6.54 Å². The van der Waals surface area contributed by atoms with Crippen molar-refractivity contribution in [3.8, 4) is 0 Å². The highest BCUT2D eigenvalue weighted by Gasteiger charge is 2.26. The number of nitrogens with one attached hydrogen (secondary N) is 1. The smallest absolute Gasteiger partial charge is 0.121 e. The number of aliphatic hydroxyl groups excluding tert-OH is 1. The Kier molecular flexibility index (Phi) is 4.10. The van der Waals surface area contributed by atoms with Crippen LogP contribution in [0.25, 0.3) is 11.0 Å². The number of H-pyrrole nitrogens is 1. The molecular formula is C15H20BrN3O. The standard InChI is InChI=1S/C15H20BrN3O/c1-10(20)7-12-3-2-6-19(12)9-15-17-13-5-4-11(16)8-14(13)18-15/h4-5,8,10,12,20H,2-3,6-7,9H2,1H3,(H,17,18)/t10-,12-/m0/s1. The first-order valence-electron chi connectivity index (χ1n) is 7.18. The highest BCUT2D eigenvalue weighted by atomic mass is 79.9. The number of hydrogen-bond acceptors (Lipinski definition) is 3. The molecule has 1 fully saturated rings. The van der Waals surface area contributed by atoms with E-state index in [9.17, 15) is 5.11 Å². The number of fused-ring (bicyclic) bond motifs is 1. The van der Waals surface area contributed by atoms with Gasteiger partial charge in [0.25, 0.3) is 0 Å². The molecule has 0 radical (unpaired) electrons. The van der Waals surface area contributed by atoms with Crippen molar-refractivity contribution < 1.29 is 5.11 Å². The molecule has 0 spiro atoms. The van der Waals surface area contributed by atoms with E-state index in [1.54, 1.807) is 0 Å². The van der Waals surface area contributed by atoms with Gasteiger partial charge in [-0.15, -0.1) is 0 Å². The Labute approximate surface area is 127 Å². The van der Waals surface area contributed by atoms with Crippen molar-refractivity contribution in [3.63, 3.8) is 0 Å². The van der Waals surface area contributed by atoms with Gasteiger partial charge in [-0.1, -0.05) is 15.9 Å². The van der Waals surface area contributed by atoms with E-state index in [4.69, 9.17) is 0 Å². The van der Waals surface area contributed by atoms with E-state index in [1.807, 2.05) is 19.1 Å². The maximum absolute atomic E-state index is 9.59.